The fraction of sp³-hybridized carbons (Fsp3) is 0.933. The lowest BCUT2D eigenvalue weighted by Crippen LogP contribution is -2.35. The molecule has 2 aliphatic rings. The Labute approximate surface area is 117 Å². The summed E-state index contributed by atoms with van der Waals surface area (Å²) in [5.74, 6) is 0.305. The molecule has 2 aliphatic heterocycles. The number of hydrogen-bond acceptors (Lipinski definition) is 3. The molecule has 0 spiro atoms. The van der Waals surface area contributed by atoms with Gasteiger partial charge in [-0.15, -0.1) is 0 Å². The molecule has 2 fully saturated rings. The van der Waals surface area contributed by atoms with E-state index in [0.29, 0.717) is 18.4 Å². The van der Waals surface area contributed by atoms with Gasteiger partial charge in [0.25, 0.3) is 0 Å². The minimum absolute atomic E-state index is 0.133. The zero-order chi connectivity index (χ0) is 13.7. The third-order valence-electron chi connectivity index (χ3n) is 4.52. The lowest BCUT2D eigenvalue weighted by atomic mass is 10.1. The van der Waals surface area contributed by atoms with Crippen molar-refractivity contribution in [3.63, 3.8) is 0 Å². The van der Waals surface area contributed by atoms with Gasteiger partial charge in [0.2, 0.25) is 5.91 Å². The molecule has 1 amide bonds. The van der Waals surface area contributed by atoms with E-state index < -0.39 is 0 Å². The van der Waals surface area contributed by atoms with Gasteiger partial charge >= 0.3 is 0 Å². The maximum Gasteiger partial charge on any atom is 0.222 e. The SMILES string of the molecule is CC(N)CCC(=O)N1CCCC(N2CCCC2)CC1. The van der Waals surface area contributed by atoms with Crippen LogP contribution in [0.1, 0.15) is 51.9 Å². The van der Waals surface area contributed by atoms with Crippen molar-refractivity contribution in [2.45, 2.75) is 64.0 Å². The molecule has 2 unspecified atom stereocenters. The highest BCUT2D eigenvalue weighted by Crippen LogP contribution is 2.21. The third kappa shape index (κ3) is 4.46. The Hall–Kier alpha value is -0.610. The number of nitrogens with two attached hydrogens (primary N) is 1. The van der Waals surface area contributed by atoms with E-state index in [2.05, 4.69) is 9.80 Å². The molecule has 0 aromatic rings. The minimum Gasteiger partial charge on any atom is -0.343 e. The molecule has 2 heterocycles. The Bertz CT molecular complexity index is 287. The van der Waals surface area contributed by atoms with Gasteiger partial charge < -0.3 is 15.5 Å². The van der Waals surface area contributed by atoms with Gasteiger partial charge in [-0.3, -0.25) is 4.79 Å². The molecule has 2 rings (SSSR count). The quantitative estimate of drug-likeness (QED) is 0.841. The van der Waals surface area contributed by atoms with Crippen molar-refractivity contribution < 1.29 is 4.79 Å². The molecule has 4 heteroatoms. The third-order valence-corrected chi connectivity index (χ3v) is 4.52. The van der Waals surface area contributed by atoms with Gasteiger partial charge in [-0.05, 0) is 58.5 Å². The summed E-state index contributed by atoms with van der Waals surface area (Å²) >= 11 is 0. The van der Waals surface area contributed by atoms with Crippen molar-refractivity contribution >= 4 is 5.91 Å². The lowest BCUT2D eigenvalue weighted by molar-refractivity contribution is -0.131. The number of rotatable bonds is 4. The van der Waals surface area contributed by atoms with E-state index in [9.17, 15) is 4.79 Å². The number of carbonyl (C=O) groups is 1. The number of amides is 1. The zero-order valence-electron chi connectivity index (χ0n) is 12.3. The lowest BCUT2D eigenvalue weighted by Gasteiger charge is -2.26. The van der Waals surface area contributed by atoms with Gasteiger partial charge in [0.1, 0.15) is 0 Å². The summed E-state index contributed by atoms with van der Waals surface area (Å²) in [6.45, 7) is 6.40. The standard InChI is InChI=1S/C15H29N3O/c1-13(16)6-7-15(19)18-11-4-5-14(8-12-18)17-9-2-3-10-17/h13-14H,2-12,16H2,1H3. The summed E-state index contributed by atoms with van der Waals surface area (Å²) in [5.41, 5.74) is 5.73. The van der Waals surface area contributed by atoms with Crippen LogP contribution in [0, 0.1) is 0 Å². The van der Waals surface area contributed by atoms with Gasteiger partial charge in [0, 0.05) is 31.6 Å². The van der Waals surface area contributed by atoms with Crippen LogP contribution in [-0.4, -0.2) is 54.0 Å². The van der Waals surface area contributed by atoms with Crippen LogP contribution in [0.4, 0.5) is 0 Å². The van der Waals surface area contributed by atoms with Gasteiger partial charge in [0.15, 0.2) is 0 Å². The average Bonchev–Trinajstić information content (AvgIpc) is 2.80. The second-order valence-corrected chi connectivity index (χ2v) is 6.22. The predicted octanol–water partition coefficient (Wildman–Crippen LogP) is 1.59. The van der Waals surface area contributed by atoms with E-state index in [0.717, 1.165) is 32.4 Å². The molecule has 19 heavy (non-hydrogen) atoms. The Balaban J connectivity index is 1.77. The highest BCUT2D eigenvalue weighted by molar-refractivity contribution is 5.76. The first-order valence-corrected chi connectivity index (χ1v) is 7.94. The van der Waals surface area contributed by atoms with Gasteiger partial charge in [-0.25, -0.2) is 0 Å². The van der Waals surface area contributed by atoms with E-state index >= 15 is 0 Å². The number of nitrogens with zero attached hydrogens (tertiary/aromatic N) is 2. The molecular formula is C15H29N3O. The summed E-state index contributed by atoms with van der Waals surface area (Å²) in [5, 5.41) is 0. The summed E-state index contributed by atoms with van der Waals surface area (Å²) in [6.07, 6.45) is 7.71. The van der Waals surface area contributed by atoms with Crippen molar-refractivity contribution in [1.29, 1.82) is 0 Å². The second-order valence-electron chi connectivity index (χ2n) is 6.22. The molecule has 0 aliphatic carbocycles. The van der Waals surface area contributed by atoms with Crippen LogP contribution in [0.5, 0.6) is 0 Å². The molecule has 4 nitrogen and oxygen atoms in total. The van der Waals surface area contributed by atoms with Crippen molar-refractivity contribution in [2.24, 2.45) is 5.73 Å². The Morgan fingerprint density at radius 2 is 1.89 bits per heavy atom. The largest absolute Gasteiger partial charge is 0.343 e. The van der Waals surface area contributed by atoms with E-state index in [1.54, 1.807) is 0 Å². The minimum atomic E-state index is 0.133. The molecule has 2 saturated heterocycles. The first-order chi connectivity index (χ1) is 9.16. The molecule has 2 N–H and O–H groups in total. The highest BCUT2D eigenvalue weighted by Gasteiger charge is 2.26. The Morgan fingerprint density at radius 1 is 1.16 bits per heavy atom. The molecule has 0 saturated carbocycles. The maximum atomic E-state index is 12.1. The van der Waals surface area contributed by atoms with Crippen LogP contribution in [-0.2, 0) is 4.79 Å². The van der Waals surface area contributed by atoms with Gasteiger partial charge in [-0.1, -0.05) is 0 Å². The fourth-order valence-corrected chi connectivity index (χ4v) is 3.31. The van der Waals surface area contributed by atoms with Crippen LogP contribution in [0.2, 0.25) is 0 Å². The number of carbonyl (C=O) groups excluding carboxylic acids is 1. The van der Waals surface area contributed by atoms with Crippen molar-refractivity contribution in [1.82, 2.24) is 9.80 Å². The fourth-order valence-electron chi connectivity index (χ4n) is 3.31. The van der Waals surface area contributed by atoms with Crippen LogP contribution < -0.4 is 5.73 Å². The molecule has 2 atom stereocenters. The number of likely N-dealkylation sites (tertiary alicyclic amines) is 2. The average molecular weight is 267 g/mol. The van der Waals surface area contributed by atoms with Crippen LogP contribution in [0.25, 0.3) is 0 Å². The Morgan fingerprint density at radius 3 is 2.58 bits per heavy atom. The predicted molar refractivity (Wildman–Crippen MR) is 77.9 cm³/mol. The molecule has 0 bridgehead atoms. The summed E-state index contributed by atoms with van der Waals surface area (Å²) in [4.78, 5) is 16.8. The number of hydrogen-bond donors (Lipinski definition) is 1. The van der Waals surface area contributed by atoms with E-state index in [1.807, 2.05) is 6.92 Å². The monoisotopic (exact) mass is 267 g/mol. The summed E-state index contributed by atoms with van der Waals surface area (Å²) in [7, 11) is 0. The normalized spacial score (nSPS) is 27.3. The first-order valence-electron chi connectivity index (χ1n) is 7.94. The molecular weight excluding hydrogens is 238 g/mol. The molecule has 0 radical (unpaired) electrons. The second kappa shape index (κ2) is 7.25. The van der Waals surface area contributed by atoms with Crippen molar-refractivity contribution in [3.8, 4) is 0 Å². The van der Waals surface area contributed by atoms with Crippen molar-refractivity contribution in [3.05, 3.63) is 0 Å². The van der Waals surface area contributed by atoms with Gasteiger partial charge in [-0.2, -0.15) is 0 Å². The molecule has 0 aromatic carbocycles. The summed E-state index contributed by atoms with van der Waals surface area (Å²) < 4.78 is 0. The van der Waals surface area contributed by atoms with Crippen molar-refractivity contribution in [2.75, 3.05) is 26.2 Å². The topological polar surface area (TPSA) is 49.6 Å². The molecule has 0 aromatic heterocycles. The highest BCUT2D eigenvalue weighted by atomic mass is 16.2. The molecule has 110 valence electrons. The zero-order valence-corrected chi connectivity index (χ0v) is 12.3. The van der Waals surface area contributed by atoms with Crippen LogP contribution in [0.3, 0.4) is 0 Å². The van der Waals surface area contributed by atoms with E-state index in [-0.39, 0.29) is 6.04 Å². The van der Waals surface area contributed by atoms with Crippen LogP contribution in [0.15, 0.2) is 0 Å². The van der Waals surface area contributed by atoms with E-state index in [4.69, 9.17) is 5.73 Å². The summed E-state index contributed by atoms with van der Waals surface area (Å²) in [6, 6.07) is 0.849. The maximum absolute atomic E-state index is 12.1. The first kappa shape index (κ1) is 14.8. The van der Waals surface area contributed by atoms with Crippen LogP contribution >= 0.6 is 0 Å². The van der Waals surface area contributed by atoms with E-state index in [1.165, 1.54) is 32.4 Å². The van der Waals surface area contributed by atoms with Gasteiger partial charge in [0.05, 0.1) is 0 Å². The smallest absolute Gasteiger partial charge is 0.222 e. The Kier molecular flexibility index (Phi) is 5.64.